The number of anilines is 2. The molecule has 1 aromatic carbocycles. The Labute approximate surface area is 99.6 Å². The molecule has 0 fully saturated rings. The molecule has 1 heterocycles. The van der Waals surface area contributed by atoms with Crippen LogP contribution >= 0.6 is 15.9 Å². The first kappa shape index (κ1) is 10.8. The monoisotopic (exact) mass is 268 g/mol. The van der Waals surface area contributed by atoms with E-state index in [0.717, 1.165) is 11.0 Å². The largest absolute Gasteiger partial charge is 0.383 e. The molecule has 0 aliphatic carbocycles. The molecule has 2 N–H and O–H groups in total. The van der Waals surface area contributed by atoms with Crippen molar-refractivity contribution in [3.8, 4) is 0 Å². The maximum Gasteiger partial charge on any atom is 0.0589 e. The van der Waals surface area contributed by atoms with Gasteiger partial charge in [-0.2, -0.15) is 0 Å². The third kappa shape index (κ3) is 2.46. The van der Waals surface area contributed by atoms with Crippen LogP contribution in [0.2, 0.25) is 0 Å². The zero-order valence-electron chi connectivity index (χ0n) is 9.18. The molecular formula is C12H17BrN2. The Hall–Kier alpha value is -0.700. The van der Waals surface area contributed by atoms with Crippen molar-refractivity contribution >= 4 is 27.3 Å². The molecule has 0 saturated heterocycles. The van der Waals surface area contributed by atoms with Gasteiger partial charge in [-0.05, 0) is 30.5 Å². The fourth-order valence-electron chi connectivity index (χ4n) is 1.92. The van der Waals surface area contributed by atoms with E-state index in [-0.39, 0.29) is 0 Å². The molecular weight excluding hydrogens is 252 g/mol. The number of hydrogen-bond donors (Lipinski definition) is 2. The van der Waals surface area contributed by atoms with Gasteiger partial charge < -0.3 is 10.6 Å². The van der Waals surface area contributed by atoms with Crippen molar-refractivity contribution in [3.05, 3.63) is 22.7 Å². The molecule has 0 spiro atoms. The average Bonchev–Trinajstić information content (AvgIpc) is 2.39. The molecule has 1 aliphatic heterocycles. The zero-order valence-corrected chi connectivity index (χ0v) is 10.8. The first-order valence-electron chi connectivity index (χ1n) is 5.47. The molecule has 1 aliphatic rings. The lowest BCUT2D eigenvalue weighted by atomic mass is 10.0. The fourth-order valence-corrected chi connectivity index (χ4v) is 2.29. The summed E-state index contributed by atoms with van der Waals surface area (Å²) in [5.74, 6) is 0.664. The molecule has 3 heteroatoms. The first-order valence-corrected chi connectivity index (χ1v) is 6.26. The van der Waals surface area contributed by atoms with Crippen LogP contribution in [-0.2, 0) is 0 Å². The predicted molar refractivity (Wildman–Crippen MR) is 69.5 cm³/mol. The maximum atomic E-state index is 3.61. The normalized spacial score (nSPS) is 20.1. The van der Waals surface area contributed by atoms with Gasteiger partial charge in [0.15, 0.2) is 0 Å². The van der Waals surface area contributed by atoms with Gasteiger partial charge in [-0.25, -0.2) is 0 Å². The molecule has 15 heavy (non-hydrogen) atoms. The van der Waals surface area contributed by atoms with Crippen LogP contribution in [0.25, 0.3) is 0 Å². The van der Waals surface area contributed by atoms with Gasteiger partial charge in [0.2, 0.25) is 0 Å². The molecule has 1 aromatic rings. The lowest BCUT2D eigenvalue weighted by molar-refractivity contribution is 0.507. The van der Waals surface area contributed by atoms with E-state index in [1.54, 1.807) is 0 Å². The van der Waals surface area contributed by atoms with E-state index in [1.807, 2.05) is 0 Å². The molecule has 82 valence electrons. The Bertz CT molecular complexity index is 349. The second-order valence-electron chi connectivity index (χ2n) is 4.40. The van der Waals surface area contributed by atoms with E-state index in [0.29, 0.717) is 12.0 Å². The van der Waals surface area contributed by atoms with Crippen LogP contribution in [0.4, 0.5) is 11.4 Å². The summed E-state index contributed by atoms with van der Waals surface area (Å²) in [5.41, 5.74) is 2.42. The molecule has 1 unspecified atom stereocenters. The van der Waals surface area contributed by atoms with E-state index in [1.165, 1.54) is 17.8 Å². The summed E-state index contributed by atoms with van der Waals surface area (Å²) >= 11 is 3.51. The highest BCUT2D eigenvalue weighted by Gasteiger charge is 2.17. The van der Waals surface area contributed by atoms with Gasteiger partial charge >= 0.3 is 0 Å². The van der Waals surface area contributed by atoms with Crippen LogP contribution in [0.1, 0.15) is 20.3 Å². The lowest BCUT2D eigenvalue weighted by Crippen LogP contribution is -2.25. The van der Waals surface area contributed by atoms with Gasteiger partial charge in [-0.15, -0.1) is 0 Å². The number of hydrogen-bond acceptors (Lipinski definition) is 2. The van der Waals surface area contributed by atoms with Gasteiger partial charge in [0.05, 0.1) is 11.4 Å². The highest BCUT2D eigenvalue weighted by atomic mass is 79.9. The van der Waals surface area contributed by atoms with Crippen LogP contribution in [0.15, 0.2) is 22.7 Å². The van der Waals surface area contributed by atoms with Crippen molar-refractivity contribution in [1.29, 1.82) is 0 Å². The third-order valence-corrected chi connectivity index (χ3v) is 3.39. The fraction of sp³-hybridized carbons (Fsp3) is 0.500. The van der Waals surface area contributed by atoms with Crippen molar-refractivity contribution in [2.45, 2.75) is 26.3 Å². The molecule has 0 saturated carbocycles. The Kier molecular flexibility index (Phi) is 3.19. The second kappa shape index (κ2) is 4.44. The van der Waals surface area contributed by atoms with E-state index < -0.39 is 0 Å². The lowest BCUT2D eigenvalue weighted by Gasteiger charge is -2.21. The van der Waals surface area contributed by atoms with Crippen LogP contribution in [-0.4, -0.2) is 12.6 Å². The summed E-state index contributed by atoms with van der Waals surface area (Å²) in [6.07, 6.45) is 1.17. The Balaban J connectivity index is 2.27. The minimum absolute atomic E-state index is 0.563. The highest BCUT2D eigenvalue weighted by Crippen LogP contribution is 2.30. The summed E-state index contributed by atoms with van der Waals surface area (Å²) in [5, 5.41) is 7.06. The molecule has 2 rings (SSSR count). The minimum atomic E-state index is 0.563. The molecule has 0 aromatic heterocycles. The van der Waals surface area contributed by atoms with E-state index in [4.69, 9.17) is 0 Å². The summed E-state index contributed by atoms with van der Waals surface area (Å²) < 4.78 is 1.12. The Morgan fingerprint density at radius 2 is 2.13 bits per heavy atom. The number of fused-ring (bicyclic) bond motifs is 1. The maximum absolute atomic E-state index is 3.61. The molecule has 0 amide bonds. The van der Waals surface area contributed by atoms with Crippen molar-refractivity contribution in [3.63, 3.8) is 0 Å². The van der Waals surface area contributed by atoms with E-state index in [9.17, 15) is 0 Å². The van der Waals surface area contributed by atoms with Crippen molar-refractivity contribution in [2.24, 2.45) is 5.92 Å². The molecule has 2 nitrogen and oxygen atoms in total. The van der Waals surface area contributed by atoms with E-state index in [2.05, 4.69) is 58.6 Å². The number of rotatable bonds is 1. The number of nitrogens with one attached hydrogen (secondary N) is 2. The highest BCUT2D eigenvalue weighted by molar-refractivity contribution is 9.10. The quantitative estimate of drug-likeness (QED) is 0.812. The summed E-state index contributed by atoms with van der Waals surface area (Å²) in [6, 6.07) is 6.90. The van der Waals surface area contributed by atoms with Crippen LogP contribution < -0.4 is 10.6 Å². The standard InChI is InChI=1S/C12H17BrN2/c1-8(2)10-5-6-14-11-4-3-9(13)7-12(11)15-10/h3-4,7-8,10,14-15H,5-6H2,1-2H3. The summed E-state index contributed by atoms with van der Waals surface area (Å²) in [6.45, 7) is 5.58. The van der Waals surface area contributed by atoms with Crippen molar-refractivity contribution in [2.75, 3.05) is 17.2 Å². The first-order chi connectivity index (χ1) is 7.16. The van der Waals surface area contributed by atoms with Crippen LogP contribution in [0, 0.1) is 5.92 Å². The van der Waals surface area contributed by atoms with Crippen molar-refractivity contribution in [1.82, 2.24) is 0 Å². The van der Waals surface area contributed by atoms with Gasteiger partial charge in [-0.1, -0.05) is 29.8 Å². The van der Waals surface area contributed by atoms with Gasteiger partial charge in [-0.3, -0.25) is 0 Å². The van der Waals surface area contributed by atoms with Crippen LogP contribution in [0.3, 0.4) is 0 Å². The number of benzene rings is 1. The third-order valence-electron chi connectivity index (χ3n) is 2.90. The average molecular weight is 269 g/mol. The smallest absolute Gasteiger partial charge is 0.0589 e. The van der Waals surface area contributed by atoms with Gasteiger partial charge in [0, 0.05) is 17.1 Å². The molecule has 0 radical (unpaired) electrons. The van der Waals surface area contributed by atoms with Gasteiger partial charge in [0.1, 0.15) is 0 Å². The second-order valence-corrected chi connectivity index (χ2v) is 5.32. The van der Waals surface area contributed by atoms with Crippen LogP contribution in [0.5, 0.6) is 0 Å². The minimum Gasteiger partial charge on any atom is -0.383 e. The Morgan fingerprint density at radius 3 is 2.87 bits per heavy atom. The zero-order chi connectivity index (χ0) is 10.8. The molecule has 0 bridgehead atoms. The topological polar surface area (TPSA) is 24.1 Å². The SMILES string of the molecule is CC(C)C1CCNc2ccc(Br)cc2N1. The Morgan fingerprint density at radius 1 is 1.33 bits per heavy atom. The summed E-state index contributed by atoms with van der Waals surface area (Å²) in [4.78, 5) is 0. The predicted octanol–water partition coefficient (Wildman–Crippen LogP) is 3.70. The summed E-state index contributed by atoms with van der Waals surface area (Å²) in [7, 11) is 0. The van der Waals surface area contributed by atoms with Crippen molar-refractivity contribution < 1.29 is 0 Å². The molecule has 1 atom stereocenters. The van der Waals surface area contributed by atoms with E-state index >= 15 is 0 Å². The van der Waals surface area contributed by atoms with Gasteiger partial charge in [0.25, 0.3) is 0 Å². The number of halogens is 1.